The number of hydrogen-bond donors (Lipinski definition) is 2. The van der Waals surface area contributed by atoms with E-state index in [-0.39, 0.29) is 29.8 Å². The molecule has 0 fully saturated rings. The molecule has 5 heteroatoms. The van der Waals surface area contributed by atoms with Crippen LogP contribution in [-0.2, 0) is 6.54 Å². The second-order valence-electron chi connectivity index (χ2n) is 3.72. The van der Waals surface area contributed by atoms with Gasteiger partial charge in [0.2, 0.25) is 0 Å². The number of anilines is 1. The summed E-state index contributed by atoms with van der Waals surface area (Å²) in [6.45, 7) is 0.113. The molecule has 0 saturated carbocycles. The van der Waals surface area contributed by atoms with Gasteiger partial charge >= 0.3 is 0 Å². The number of rotatable bonds is 3. The van der Waals surface area contributed by atoms with Crippen molar-refractivity contribution in [2.24, 2.45) is 0 Å². The van der Waals surface area contributed by atoms with E-state index >= 15 is 0 Å². The number of nitrogens with two attached hydrogens (primary N) is 1. The van der Waals surface area contributed by atoms with Gasteiger partial charge in [-0.3, -0.25) is 4.79 Å². The quantitative estimate of drug-likeness (QED) is 0.865. The van der Waals surface area contributed by atoms with Gasteiger partial charge in [-0.05, 0) is 18.2 Å². The number of amides is 1. The summed E-state index contributed by atoms with van der Waals surface area (Å²) in [6, 6.07) is 11.0. The number of nitrogen functional groups attached to an aromatic ring is 1. The fraction of sp³-hybridized carbons (Fsp3) is 0.0769. The molecule has 0 unspecified atom stereocenters. The van der Waals surface area contributed by atoms with Gasteiger partial charge in [0.1, 0.15) is 17.3 Å². The first kappa shape index (κ1) is 12.0. The number of halogens is 1. The van der Waals surface area contributed by atoms with Crippen molar-refractivity contribution < 1.29 is 9.18 Å². The van der Waals surface area contributed by atoms with Crippen molar-refractivity contribution in [3.63, 3.8) is 0 Å². The van der Waals surface area contributed by atoms with Crippen molar-refractivity contribution in [1.82, 2.24) is 10.3 Å². The van der Waals surface area contributed by atoms with Gasteiger partial charge in [-0.2, -0.15) is 0 Å². The summed E-state index contributed by atoms with van der Waals surface area (Å²) < 4.78 is 13.3. The fourth-order valence-corrected chi connectivity index (χ4v) is 1.49. The van der Waals surface area contributed by atoms with E-state index in [1.165, 1.54) is 6.07 Å². The molecule has 0 atom stereocenters. The molecule has 0 aliphatic rings. The highest BCUT2D eigenvalue weighted by Crippen LogP contribution is 2.06. The van der Waals surface area contributed by atoms with E-state index < -0.39 is 0 Å². The van der Waals surface area contributed by atoms with E-state index in [2.05, 4.69) is 10.3 Å². The van der Waals surface area contributed by atoms with Crippen LogP contribution in [0.15, 0.2) is 42.5 Å². The lowest BCUT2D eigenvalue weighted by atomic mass is 10.2. The second kappa shape index (κ2) is 5.27. The Morgan fingerprint density at radius 2 is 2.00 bits per heavy atom. The molecule has 2 aromatic rings. The van der Waals surface area contributed by atoms with Crippen molar-refractivity contribution >= 4 is 11.7 Å². The van der Waals surface area contributed by atoms with E-state index in [1.54, 1.807) is 36.4 Å². The molecule has 1 heterocycles. The van der Waals surface area contributed by atoms with E-state index in [0.29, 0.717) is 5.56 Å². The number of carbonyl (C=O) groups excluding carboxylic acids is 1. The van der Waals surface area contributed by atoms with Crippen molar-refractivity contribution in [2.45, 2.75) is 6.54 Å². The number of carbonyl (C=O) groups is 1. The Labute approximate surface area is 104 Å². The summed E-state index contributed by atoms with van der Waals surface area (Å²) in [5.41, 5.74) is 6.12. The molecule has 0 aliphatic carbocycles. The molecule has 18 heavy (non-hydrogen) atoms. The summed E-state index contributed by atoms with van der Waals surface area (Å²) >= 11 is 0. The lowest BCUT2D eigenvalue weighted by molar-refractivity contribution is 0.0946. The minimum absolute atomic E-state index is 0.113. The maximum Gasteiger partial charge on any atom is 0.270 e. The van der Waals surface area contributed by atoms with Crippen molar-refractivity contribution in [1.29, 1.82) is 0 Å². The molecule has 1 aromatic heterocycles. The Kier molecular flexibility index (Phi) is 3.52. The molecule has 0 radical (unpaired) electrons. The molecule has 0 aliphatic heterocycles. The molecule has 1 aromatic carbocycles. The molecule has 4 nitrogen and oxygen atoms in total. The fourth-order valence-electron chi connectivity index (χ4n) is 1.49. The van der Waals surface area contributed by atoms with Crippen LogP contribution in [-0.4, -0.2) is 10.9 Å². The topological polar surface area (TPSA) is 68.0 Å². The van der Waals surface area contributed by atoms with Crippen LogP contribution in [0.3, 0.4) is 0 Å². The standard InChI is InChI=1S/C13H12FN3O/c14-10-5-2-1-4-9(10)8-16-13(18)11-6-3-7-12(15)17-11/h1-7H,8H2,(H2,15,17)(H,16,18). The van der Waals surface area contributed by atoms with Gasteiger partial charge in [0.15, 0.2) is 0 Å². The van der Waals surface area contributed by atoms with Crippen molar-refractivity contribution in [2.75, 3.05) is 5.73 Å². The monoisotopic (exact) mass is 245 g/mol. The predicted octanol–water partition coefficient (Wildman–Crippen LogP) is 1.73. The first-order chi connectivity index (χ1) is 8.66. The molecule has 3 N–H and O–H groups in total. The third-order valence-corrected chi connectivity index (χ3v) is 2.40. The van der Waals surface area contributed by atoms with Gasteiger partial charge in [-0.1, -0.05) is 24.3 Å². The zero-order valence-electron chi connectivity index (χ0n) is 9.56. The molecule has 2 rings (SSSR count). The molecule has 92 valence electrons. The normalized spacial score (nSPS) is 10.1. The number of aromatic nitrogens is 1. The third-order valence-electron chi connectivity index (χ3n) is 2.40. The Bertz CT molecular complexity index is 572. The smallest absolute Gasteiger partial charge is 0.270 e. The number of pyridine rings is 1. The van der Waals surface area contributed by atoms with Crippen molar-refractivity contribution in [3.8, 4) is 0 Å². The first-order valence-electron chi connectivity index (χ1n) is 5.41. The SMILES string of the molecule is Nc1cccc(C(=O)NCc2ccccc2F)n1. The minimum Gasteiger partial charge on any atom is -0.384 e. The summed E-state index contributed by atoms with van der Waals surface area (Å²) in [5.74, 6) is -0.461. The summed E-state index contributed by atoms with van der Waals surface area (Å²) in [5, 5.41) is 2.59. The van der Waals surface area contributed by atoms with Gasteiger partial charge in [0, 0.05) is 12.1 Å². The minimum atomic E-state index is -0.384. The van der Waals surface area contributed by atoms with Crippen LogP contribution in [0.5, 0.6) is 0 Å². The Morgan fingerprint density at radius 3 is 2.72 bits per heavy atom. The first-order valence-corrected chi connectivity index (χ1v) is 5.41. The highest BCUT2D eigenvalue weighted by atomic mass is 19.1. The molecule has 0 bridgehead atoms. The van der Waals surface area contributed by atoms with Crippen LogP contribution in [0.2, 0.25) is 0 Å². The van der Waals surface area contributed by atoms with Gasteiger partial charge in [-0.25, -0.2) is 9.37 Å². The summed E-state index contributed by atoms with van der Waals surface area (Å²) in [7, 11) is 0. The maximum atomic E-state index is 13.3. The molecular weight excluding hydrogens is 233 g/mol. The maximum absolute atomic E-state index is 13.3. The lowest BCUT2D eigenvalue weighted by Crippen LogP contribution is -2.24. The molecule has 0 spiro atoms. The molecule has 1 amide bonds. The average Bonchev–Trinajstić information content (AvgIpc) is 2.37. The second-order valence-corrected chi connectivity index (χ2v) is 3.72. The number of nitrogens with zero attached hydrogens (tertiary/aromatic N) is 1. The van der Waals surface area contributed by atoms with Crippen LogP contribution in [0, 0.1) is 5.82 Å². The molecular formula is C13H12FN3O. The van der Waals surface area contributed by atoms with E-state index in [9.17, 15) is 9.18 Å². The van der Waals surface area contributed by atoms with Crippen LogP contribution < -0.4 is 11.1 Å². The van der Waals surface area contributed by atoms with Crippen LogP contribution in [0.4, 0.5) is 10.2 Å². The number of nitrogens with one attached hydrogen (secondary N) is 1. The summed E-state index contributed by atoms with van der Waals surface area (Å²) in [4.78, 5) is 15.6. The highest BCUT2D eigenvalue weighted by molar-refractivity contribution is 5.92. The summed E-state index contributed by atoms with van der Waals surface area (Å²) in [6.07, 6.45) is 0. The number of hydrogen-bond acceptors (Lipinski definition) is 3. The largest absolute Gasteiger partial charge is 0.384 e. The van der Waals surface area contributed by atoms with Gasteiger partial charge < -0.3 is 11.1 Å². The third kappa shape index (κ3) is 2.82. The van der Waals surface area contributed by atoms with E-state index in [0.717, 1.165) is 0 Å². The van der Waals surface area contributed by atoms with E-state index in [1.807, 2.05) is 0 Å². The van der Waals surface area contributed by atoms with Gasteiger partial charge in [0.05, 0.1) is 0 Å². The molecule has 0 saturated heterocycles. The zero-order valence-corrected chi connectivity index (χ0v) is 9.56. The van der Waals surface area contributed by atoms with Crippen molar-refractivity contribution in [3.05, 3.63) is 59.5 Å². The Hall–Kier alpha value is -2.43. The van der Waals surface area contributed by atoms with Crippen LogP contribution >= 0.6 is 0 Å². The Morgan fingerprint density at radius 1 is 1.22 bits per heavy atom. The van der Waals surface area contributed by atoms with E-state index in [4.69, 9.17) is 5.73 Å². The number of benzene rings is 1. The highest BCUT2D eigenvalue weighted by Gasteiger charge is 2.08. The lowest BCUT2D eigenvalue weighted by Gasteiger charge is -2.06. The zero-order chi connectivity index (χ0) is 13.0. The van der Waals surface area contributed by atoms with Gasteiger partial charge in [-0.15, -0.1) is 0 Å². The predicted molar refractivity (Wildman–Crippen MR) is 66.2 cm³/mol. The average molecular weight is 245 g/mol. The van der Waals surface area contributed by atoms with Crippen LogP contribution in [0.25, 0.3) is 0 Å². The van der Waals surface area contributed by atoms with Gasteiger partial charge in [0.25, 0.3) is 5.91 Å². The Balaban J connectivity index is 2.03. The van der Waals surface area contributed by atoms with Crippen LogP contribution in [0.1, 0.15) is 16.1 Å².